The molecule has 0 bridgehead atoms. The monoisotopic (exact) mass is 293 g/mol. The number of esters is 1. The lowest BCUT2D eigenvalue weighted by molar-refractivity contribution is -0.116. The number of amides is 1. The van der Waals surface area contributed by atoms with E-state index in [2.05, 4.69) is 15.2 Å². The summed E-state index contributed by atoms with van der Waals surface area (Å²) in [5.74, 6) is -0.693. The van der Waals surface area contributed by atoms with E-state index in [9.17, 15) is 9.59 Å². The Bertz CT molecular complexity index is 645. The van der Waals surface area contributed by atoms with Gasteiger partial charge < -0.3 is 10.1 Å². The number of aromatic nitrogens is 2. The minimum absolute atomic E-state index is 0.107. The van der Waals surface area contributed by atoms with Gasteiger partial charge in [0.25, 0.3) is 0 Å². The molecule has 0 saturated heterocycles. The van der Waals surface area contributed by atoms with Gasteiger partial charge in [0, 0.05) is 5.69 Å². The Morgan fingerprint density at radius 3 is 2.80 bits per heavy atom. The Morgan fingerprint density at radius 1 is 1.45 bits per heavy atom. The molecule has 0 spiro atoms. The van der Waals surface area contributed by atoms with Crippen molar-refractivity contribution in [1.82, 2.24) is 9.78 Å². The van der Waals surface area contributed by atoms with Crippen molar-refractivity contribution in [2.75, 3.05) is 12.4 Å². The molecule has 20 heavy (non-hydrogen) atoms. The molecule has 2 heterocycles. The number of carbonyl (C=O) groups is 2. The Balaban J connectivity index is 2.07. The highest BCUT2D eigenvalue weighted by atomic mass is 32.1. The predicted octanol–water partition coefficient (Wildman–Crippen LogP) is 1.99. The number of ether oxygens (including phenoxy) is 1. The minimum atomic E-state index is -0.457. The van der Waals surface area contributed by atoms with Crippen LogP contribution in [0.1, 0.15) is 21.1 Å². The van der Waals surface area contributed by atoms with Gasteiger partial charge in [0.2, 0.25) is 5.91 Å². The van der Waals surface area contributed by atoms with Gasteiger partial charge in [-0.15, -0.1) is 11.3 Å². The highest BCUT2D eigenvalue weighted by molar-refractivity contribution is 7.12. The molecule has 2 aromatic heterocycles. The molecular formula is C13H15N3O3S. The van der Waals surface area contributed by atoms with E-state index >= 15 is 0 Å². The van der Waals surface area contributed by atoms with Crippen LogP contribution in [0.5, 0.6) is 0 Å². The fraction of sp³-hybridized carbons (Fsp3) is 0.308. The summed E-state index contributed by atoms with van der Waals surface area (Å²) in [4.78, 5) is 23.9. The van der Waals surface area contributed by atoms with E-state index < -0.39 is 5.97 Å². The zero-order chi connectivity index (χ0) is 14.7. The Hall–Kier alpha value is -2.15. The van der Waals surface area contributed by atoms with Gasteiger partial charge in [0.1, 0.15) is 11.4 Å². The molecule has 2 rings (SSSR count). The van der Waals surface area contributed by atoms with Crippen LogP contribution in [0.4, 0.5) is 5.69 Å². The van der Waals surface area contributed by atoms with Crippen molar-refractivity contribution in [2.24, 2.45) is 0 Å². The maximum absolute atomic E-state index is 12.0. The molecule has 1 N–H and O–H groups in total. The molecule has 0 radical (unpaired) electrons. The third-order valence-corrected chi connectivity index (χ3v) is 3.60. The first-order chi connectivity index (χ1) is 9.51. The average Bonchev–Trinajstić information content (AvgIpc) is 2.96. The van der Waals surface area contributed by atoms with E-state index in [4.69, 9.17) is 0 Å². The summed E-state index contributed by atoms with van der Waals surface area (Å²) in [6, 6.07) is 3.58. The van der Waals surface area contributed by atoms with Crippen LogP contribution in [0.15, 0.2) is 17.5 Å². The molecule has 0 aromatic carbocycles. The van der Waals surface area contributed by atoms with Gasteiger partial charge in [0.05, 0.1) is 18.5 Å². The van der Waals surface area contributed by atoms with E-state index in [-0.39, 0.29) is 12.5 Å². The van der Waals surface area contributed by atoms with Crippen molar-refractivity contribution in [3.8, 4) is 0 Å². The lowest BCUT2D eigenvalue weighted by Gasteiger charge is -2.07. The van der Waals surface area contributed by atoms with Gasteiger partial charge in [-0.3, -0.25) is 9.48 Å². The number of methoxy groups -OCH3 is 1. The zero-order valence-electron chi connectivity index (χ0n) is 11.5. The van der Waals surface area contributed by atoms with Crippen LogP contribution in [0, 0.1) is 13.8 Å². The molecule has 7 heteroatoms. The van der Waals surface area contributed by atoms with Gasteiger partial charge in [-0.2, -0.15) is 5.10 Å². The van der Waals surface area contributed by atoms with Gasteiger partial charge in [-0.1, -0.05) is 0 Å². The first-order valence-corrected chi connectivity index (χ1v) is 6.86. The smallest absolute Gasteiger partial charge is 0.350 e. The van der Waals surface area contributed by atoms with Crippen LogP contribution in [0.25, 0.3) is 0 Å². The quantitative estimate of drug-likeness (QED) is 0.875. The third-order valence-electron chi connectivity index (χ3n) is 2.71. The SMILES string of the molecule is COC(=O)c1sccc1NC(=O)Cn1nc(C)cc1C. The minimum Gasteiger partial charge on any atom is -0.465 e. The van der Waals surface area contributed by atoms with Gasteiger partial charge >= 0.3 is 5.97 Å². The maximum Gasteiger partial charge on any atom is 0.350 e. The average molecular weight is 293 g/mol. The zero-order valence-corrected chi connectivity index (χ0v) is 12.3. The van der Waals surface area contributed by atoms with Gasteiger partial charge in [-0.05, 0) is 31.4 Å². The van der Waals surface area contributed by atoms with Crippen LogP contribution in [0.3, 0.4) is 0 Å². The number of carbonyl (C=O) groups excluding carboxylic acids is 2. The van der Waals surface area contributed by atoms with Gasteiger partial charge in [-0.25, -0.2) is 4.79 Å². The molecule has 1 amide bonds. The second-order valence-electron chi connectivity index (χ2n) is 4.29. The van der Waals surface area contributed by atoms with Crippen LogP contribution in [0.2, 0.25) is 0 Å². The predicted molar refractivity (Wildman–Crippen MR) is 76.0 cm³/mol. The second-order valence-corrected chi connectivity index (χ2v) is 5.20. The van der Waals surface area contributed by atoms with Crippen LogP contribution in [-0.4, -0.2) is 28.8 Å². The number of rotatable bonds is 4. The molecule has 0 atom stereocenters. The van der Waals surface area contributed by atoms with Crippen molar-refractivity contribution >= 4 is 28.9 Å². The summed E-state index contributed by atoms with van der Waals surface area (Å²) in [5.41, 5.74) is 2.24. The molecule has 0 unspecified atom stereocenters. The maximum atomic E-state index is 12.0. The third kappa shape index (κ3) is 3.05. The topological polar surface area (TPSA) is 73.2 Å². The lowest BCUT2D eigenvalue weighted by Crippen LogP contribution is -2.21. The Labute approximate surface area is 120 Å². The van der Waals surface area contributed by atoms with Crippen molar-refractivity contribution in [3.05, 3.63) is 33.8 Å². The summed E-state index contributed by atoms with van der Waals surface area (Å²) >= 11 is 1.23. The highest BCUT2D eigenvalue weighted by Gasteiger charge is 2.16. The number of hydrogen-bond donors (Lipinski definition) is 1. The summed E-state index contributed by atoms with van der Waals surface area (Å²) in [7, 11) is 1.31. The molecule has 0 saturated carbocycles. The molecular weight excluding hydrogens is 278 g/mol. The van der Waals surface area contributed by atoms with Crippen molar-refractivity contribution in [3.63, 3.8) is 0 Å². The van der Waals surface area contributed by atoms with Crippen molar-refractivity contribution in [2.45, 2.75) is 20.4 Å². The Kier molecular flexibility index (Phi) is 4.19. The number of thiophene rings is 1. The van der Waals surface area contributed by atoms with E-state index in [1.54, 1.807) is 16.1 Å². The first kappa shape index (κ1) is 14.3. The molecule has 6 nitrogen and oxygen atoms in total. The molecule has 0 aliphatic carbocycles. The largest absolute Gasteiger partial charge is 0.465 e. The number of nitrogens with zero attached hydrogens (tertiary/aromatic N) is 2. The number of hydrogen-bond acceptors (Lipinski definition) is 5. The summed E-state index contributed by atoms with van der Waals surface area (Å²) in [6.45, 7) is 3.86. The first-order valence-electron chi connectivity index (χ1n) is 5.98. The number of nitrogens with one attached hydrogen (secondary N) is 1. The van der Waals surface area contributed by atoms with Gasteiger partial charge in [0.15, 0.2) is 0 Å². The van der Waals surface area contributed by atoms with Crippen molar-refractivity contribution in [1.29, 1.82) is 0 Å². The lowest BCUT2D eigenvalue weighted by atomic mass is 10.3. The standard InChI is InChI=1S/C13H15N3O3S/c1-8-6-9(2)16(15-8)7-11(17)14-10-4-5-20-12(10)13(18)19-3/h4-6H,7H2,1-3H3,(H,14,17). The fourth-order valence-electron chi connectivity index (χ4n) is 1.82. The highest BCUT2D eigenvalue weighted by Crippen LogP contribution is 2.23. The molecule has 106 valence electrons. The summed E-state index contributed by atoms with van der Waals surface area (Å²) in [6.07, 6.45) is 0. The van der Waals surface area contributed by atoms with Crippen LogP contribution in [-0.2, 0) is 16.1 Å². The fourth-order valence-corrected chi connectivity index (χ4v) is 2.59. The second kappa shape index (κ2) is 5.87. The van der Waals surface area contributed by atoms with E-state index in [0.717, 1.165) is 11.4 Å². The van der Waals surface area contributed by atoms with E-state index in [0.29, 0.717) is 10.6 Å². The molecule has 0 aliphatic rings. The van der Waals surface area contributed by atoms with Crippen LogP contribution < -0.4 is 5.32 Å². The number of aryl methyl sites for hydroxylation is 2. The molecule has 0 aliphatic heterocycles. The van der Waals surface area contributed by atoms with E-state index in [1.807, 2.05) is 19.9 Å². The Morgan fingerprint density at radius 2 is 2.20 bits per heavy atom. The summed E-state index contributed by atoms with van der Waals surface area (Å²) in [5, 5.41) is 8.65. The summed E-state index contributed by atoms with van der Waals surface area (Å²) < 4.78 is 6.28. The number of anilines is 1. The normalized spacial score (nSPS) is 10.3. The van der Waals surface area contributed by atoms with Crippen molar-refractivity contribution < 1.29 is 14.3 Å². The molecule has 0 fully saturated rings. The molecule has 2 aromatic rings. The van der Waals surface area contributed by atoms with E-state index in [1.165, 1.54) is 18.4 Å². The van der Waals surface area contributed by atoms with Crippen LogP contribution >= 0.6 is 11.3 Å².